The standard InChI is InChI=1S/C16H19N3O3/c1-2-22-14-8-4-3-6-12(14)9-10-15(20)18-19-16(21)13-7-5-11-17-13/h3-8,11,17H,2,9-10H2,1H3,(H,18,20)(H,19,21). The zero-order chi connectivity index (χ0) is 15.8. The summed E-state index contributed by atoms with van der Waals surface area (Å²) in [5.74, 6) is 0.146. The Labute approximate surface area is 128 Å². The van der Waals surface area contributed by atoms with Crippen LogP contribution in [0.2, 0.25) is 0 Å². The van der Waals surface area contributed by atoms with Gasteiger partial charge in [-0.3, -0.25) is 20.4 Å². The van der Waals surface area contributed by atoms with Crippen molar-refractivity contribution in [2.75, 3.05) is 6.61 Å². The highest BCUT2D eigenvalue weighted by atomic mass is 16.5. The van der Waals surface area contributed by atoms with E-state index in [1.807, 2.05) is 31.2 Å². The first-order valence-corrected chi connectivity index (χ1v) is 7.14. The van der Waals surface area contributed by atoms with Crippen molar-refractivity contribution in [2.45, 2.75) is 19.8 Å². The van der Waals surface area contributed by atoms with E-state index in [2.05, 4.69) is 15.8 Å². The molecule has 6 nitrogen and oxygen atoms in total. The fourth-order valence-electron chi connectivity index (χ4n) is 1.98. The first kappa shape index (κ1) is 15.6. The molecule has 1 aromatic heterocycles. The van der Waals surface area contributed by atoms with Crippen molar-refractivity contribution in [3.63, 3.8) is 0 Å². The smallest absolute Gasteiger partial charge is 0.286 e. The third kappa shape index (κ3) is 4.37. The van der Waals surface area contributed by atoms with Crippen molar-refractivity contribution >= 4 is 11.8 Å². The van der Waals surface area contributed by atoms with Gasteiger partial charge in [0.15, 0.2) is 0 Å². The van der Waals surface area contributed by atoms with E-state index in [0.717, 1.165) is 11.3 Å². The van der Waals surface area contributed by atoms with E-state index < -0.39 is 0 Å². The molecule has 0 aliphatic heterocycles. The van der Waals surface area contributed by atoms with Crippen molar-refractivity contribution in [3.8, 4) is 5.75 Å². The van der Waals surface area contributed by atoms with Crippen molar-refractivity contribution < 1.29 is 14.3 Å². The Morgan fingerprint density at radius 3 is 2.68 bits per heavy atom. The molecule has 22 heavy (non-hydrogen) atoms. The number of nitrogens with one attached hydrogen (secondary N) is 3. The number of para-hydroxylation sites is 1. The second-order valence-corrected chi connectivity index (χ2v) is 4.63. The highest BCUT2D eigenvalue weighted by Crippen LogP contribution is 2.19. The number of hydrazine groups is 1. The molecule has 0 aliphatic rings. The largest absolute Gasteiger partial charge is 0.494 e. The van der Waals surface area contributed by atoms with Gasteiger partial charge in [0.2, 0.25) is 5.91 Å². The highest BCUT2D eigenvalue weighted by Gasteiger charge is 2.09. The number of aromatic amines is 1. The predicted molar refractivity (Wildman–Crippen MR) is 82.3 cm³/mol. The van der Waals surface area contributed by atoms with Crippen LogP contribution in [0.15, 0.2) is 42.6 Å². The molecule has 0 radical (unpaired) electrons. The summed E-state index contributed by atoms with van der Waals surface area (Å²) in [6, 6.07) is 10.9. The predicted octanol–water partition coefficient (Wildman–Crippen LogP) is 1.81. The van der Waals surface area contributed by atoms with Crippen LogP contribution in [0.1, 0.15) is 29.4 Å². The number of carbonyl (C=O) groups excluding carboxylic acids is 2. The molecule has 3 N–H and O–H groups in total. The van der Waals surface area contributed by atoms with E-state index in [4.69, 9.17) is 4.74 Å². The lowest BCUT2D eigenvalue weighted by Gasteiger charge is -2.10. The SMILES string of the molecule is CCOc1ccccc1CCC(=O)NNC(=O)c1ccc[nH]1. The lowest BCUT2D eigenvalue weighted by atomic mass is 10.1. The molecule has 1 aromatic carbocycles. The van der Waals surface area contributed by atoms with Crippen LogP contribution in [-0.2, 0) is 11.2 Å². The van der Waals surface area contributed by atoms with Crippen LogP contribution in [0.3, 0.4) is 0 Å². The minimum atomic E-state index is -0.381. The van der Waals surface area contributed by atoms with Crippen molar-refractivity contribution in [1.29, 1.82) is 0 Å². The van der Waals surface area contributed by atoms with Gasteiger partial charge in [-0.05, 0) is 37.1 Å². The molecule has 0 fully saturated rings. The second-order valence-electron chi connectivity index (χ2n) is 4.63. The minimum absolute atomic E-state index is 0.258. The van der Waals surface area contributed by atoms with Crippen LogP contribution in [0.5, 0.6) is 5.75 Å². The highest BCUT2D eigenvalue weighted by molar-refractivity contribution is 5.93. The van der Waals surface area contributed by atoms with Crippen LogP contribution in [0.4, 0.5) is 0 Å². The Morgan fingerprint density at radius 2 is 1.95 bits per heavy atom. The monoisotopic (exact) mass is 301 g/mol. The Morgan fingerprint density at radius 1 is 1.14 bits per heavy atom. The summed E-state index contributed by atoms with van der Waals surface area (Å²) in [7, 11) is 0. The van der Waals surface area contributed by atoms with E-state index in [9.17, 15) is 9.59 Å². The van der Waals surface area contributed by atoms with Crippen LogP contribution in [0.25, 0.3) is 0 Å². The number of H-pyrrole nitrogens is 1. The number of benzene rings is 1. The maximum absolute atomic E-state index is 11.8. The normalized spacial score (nSPS) is 10.0. The van der Waals surface area contributed by atoms with Gasteiger partial charge in [-0.1, -0.05) is 18.2 Å². The number of aromatic nitrogens is 1. The van der Waals surface area contributed by atoms with Crippen LogP contribution in [0, 0.1) is 0 Å². The molecule has 0 spiro atoms. The molecule has 0 saturated carbocycles. The van der Waals surface area contributed by atoms with Crippen LogP contribution in [-0.4, -0.2) is 23.4 Å². The number of hydrogen-bond acceptors (Lipinski definition) is 3. The molecule has 2 amide bonds. The van der Waals surface area contributed by atoms with Crippen LogP contribution >= 0.6 is 0 Å². The van der Waals surface area contributed by atoms with Gasteiger partial charge in [-0.2, -0.15) is 0 Å². The maximum atomic E-state index is 11.8. The molecule has 0 unspecified atom stereocenters. The average Bonchev–Trinajstić information content (AvgIpc) is 3.06. The molecule has 2 rings (SSSR count). The van der Waals surface area contributed by atoms with E-state index in [1.165, 1.54) is 0 Å². The van der Waals surface area contributed by atoms with Crippen molar-refractivity contribution in [2.24, 2.45) is 0 Å². The summed E-state index contributed by atoms with van der Waals surface area (Å²) < 4.78 is 5.51. The van der Waals surface area contributed by atoms with E-state index in [-0.39, 0.29) is 18.2 Å². The first-order valence-electron chi connectivity index (χ1n) is 7.14. The quantitative estimate of drug-likeness (QED) is 0.712. The Balaban J connectivity index is 1.79. The number of ether oxygens (including phenoxy) is 1. The molecule has 0 aliphatic carbocycles. The van der Waals surface area contributed by atoms with E-state index in [1.54, 1.807) is 18.3 Å². The average molecular weight is 301 g/mol. The molecule has 0 saturated heterocycles. The lowest BCUT2D eigenvalue weighted by Crippen LogP contribution is -2.41. The molecule has 116 valence electrons. The Kier molecular flexibility index (Phi) is 5.59. The first-order chi connectivity index (χ1) is 10.7. The van der Waals surface area contributed by atoms with Gasteiger partial charge in [0.25, 0.3) is 5.91 Å². The van der Waals surface area contributed by atoms with Crippen LogP contribution < -0.4 is 15.6 Å². The van der Waals surface area contributed by atoms with Gasteiger partial charge in [-0.15, -0.1) is 0 Å². The van der Waals surface area contributed by atoms with E-state index >= 15 is 0 Å². The third-order valence-electron chi connectivity index (χ3n) is 3.05. The Hall–Kier alpha value is -2.76. The van der Waals surface area contributed by atoms with E-state index in [0.29, 0.717) is 18.7 Å². The summed E-state index contributed by atoms with van der Waals surface area (Å²) >= 11 is 0. The number of carbonyl (C=O) groups is 2. The topological polar surface area (TPSA) is 83.2 Å². The number of hydrogen-bond donors (Lipinski definition) is 3. The molecular weight excluding hydrogens is 282 g/mol. The fourth-order valence-corrected chi connectivity index (χ4v) is 1.98. The molecule has 1 heterocycles. The fraction of sp³-hybridized carbons (Fsp3) is 0.250. The zero-order valence-corrected chi connectivity index (χ0v) is 12.4. The Bertz CT molecular complexity index is 623. The summed E-state index contributed by atoms with van der Waals surface area (Å²) in [5, 5.41) is 0. The van der Waals surface area contributed by atoms with Crippen molar-refractivity contribution in [1.82, 2.24) is 15.8 Å². The van der Waals surface area contributed by atoms with Gasteiger partial charge in [0.1, 0.15) is 11.4 Å². The molecule has 2 aromatic rings. The molecule has 0 bridgehead atoms. The minimum Gasteiger partial charge on any atom is -0.494 e. The number of amides is 2. The van der Waals surface area contributed by atoms with Gasteiger partial charge < -0.3 is 9.72 Å². The third-order valence-corrected chi connectivity index (χ3v) is 3.05. The summed E-state index contributed by atoms with van der Waals surface area (Å²) in [4.78, 5) is 26.2. The van der Waals surface area contributed by atoms with Gasteiger partial charge >= 0.3 is 0 Å². The van der Waals surface area contributed by atoms with Gasteiger partial charge in [0.05, 0.1) is 6.61 Å². The number of aryl methyl sites for hydroxylation is 1. The second kappa shape index (κ2) is 7.87. The number of rotatable bonds is 6. The molecule has 6 heteroatoms. The van der Waals surface area contributed by atoms with Crippen molar-refractivity contribution in [3.05, 3.63) is 53.9 Å². The van der Waals surface area contributed by atoms with Gasteiger partial charge in [0, 0.05) is 12.6 Å². The molecule has 0 atom stereocenters. The summed E-state index contributed by atoms with van der Waals surface area (Å²) in [6.45, 7) is 2.50. The zero-order valence-electron chi connectivity index (χ0n) is 12.4. The summed E-state index contributed by atoms with van der Waals surface area (Å²) in [5.41, 5.74) is 6.11. The molecular formula is C16H19N3O3. The lowest BCUT2D eigenvalue weighted by molar-refractivity contribution is -0.121. The maximum Gasteiger partial charge on any atom is 0.286 e. The summed E-state index contributed by atoms with van der Waals surface area (Å²) in [6.07, 6.45) is 2.44. The van der Waals surface area contributed by atoms with Gasteiger partial charge in [-0.25, -0.2) is 0 Å².